The summed E-state index contributed by atoms with van der Waals surface area (Å²) in [4.78, 5) is 11.2. The van der Waals surface area contributed by atoms with Crippen LogP contribution in [0.25, 0.3) is 0 Å². The van der Waals surface area contributed by atoms with Gasteiger partial charge in [-0.2, -0.15) is 13.2 Å². The Labute approximate surface area is 172 Å². The van der Waals surface area contributed by atoms with Gasteiger partial charge < -0.3 is 14.4 Å². The Morgan fingerprint density at radius 2 is 2.03 bits per heavy atom. The fourth-order valence-corrected chi connectivity index (χ4v) is 4.54. The number of aryl methyl sites for hydroxylation is 2. The van der Waals surface area contributed by atoms with Crippen LogP contribution in [0.5, 0.6) is 0 Å². The summed E-state index contributed by atoms with van der Waals surface area (Å²) in [5.41, 5.74) is 1.84. The highest BCUT2D eigenvalue weighted by atomic mass is 32.2. The van der Waals surface area contributed by atoms with Gasteiger partial charge in [-0.1, -0.05) is 5.16 Å². The largest absolute Gasteiger partial charge is 0.490 e. The summed E-state index contributed by atoms with van der Waals surface area (Å²) in [6.07, 6.45) is -1.47. The number of carboxylic acid groups (broad SMARTS) is 1. The number of sulfonamides is 1. The molecule has 0 aromatic carbocycles. The molecular weight excluding hydrogens is 431 g/mol. The second-order valence-electron chi connectivity index (χ2n) is 7.68. The van der Waals surface area contributed by atoms with Gasteiger partial charge in [-0.25, -0.2) is 17.9 Å². The van der Waals surface area contributed by atoms with E-state index < -0.39 is 22.2 Å². The third-order valence-corrected chi connectivity index (χ3v) is 5.84. The molecular formula is C17H26F3N3O6S. The summed E-state index contributed by atoms with van der Waals surface area (Å²) in [5.74, 6) is -1.89. The lowest BCUT2D eigenvalue weighted by atomic mass is 9.90. The Bertz CT molecular complexity index is 838. The monoisotopic (exact) mass is 457 g/mol. The summed E-state index contributed by atoms with van der Waals surface area (Å²) < 4.78 is 68.7. The molecule has 0 aliphatic carbocycles. The minimum absolute atomic E-state index is 0.0298. The van der Waals surface area contributed by atoms with Gasteiger partial charge in [0.05, 0.1) is 17.6 Å². The van der Waals surface area contributed by atoms with Crippen LogP contribution in [0.15, 0.2) is 4.52 Å². The number of alkyl halides is 3. The fourth-order valence-electron chi connectivity index (χ4n) is 3.73. The smallest absolute Gasteiger partial charge is 0.475 e. The molecule has 172 valence electrons. The average molecular weight is 457 g/mol. The minimum atomic E-state index is -5.08. The van der Waals surface area contributed by atoms with Crippen LogP contribution in [0.3, 0.4) is 0 Å². The molecule has 0 radical (unpaired) electrons. The first kappa shape index (κ1) is 24.6. The highest BCUT2D eigenvalue weighted by Gasteiger charge is 2.44. The Morgan fingerprint density at radius 3 is 2.53 bits per heavy atom. The number of hydrogen-bond donors (Lipinski definition) is 2. The average Bonchev–Trinajstić information content (AvgIpc) is 3.11. The fraction of sp³-hybridized carbons (Fsp3) is 0.765. The molecule has 1 aromatic rings. The number of halogens is 3. The number of ether oxygens (including phenoxy) is 1. The molecule has 2 atom stereocenters. The summed E-state index contributed by atoms with van der Waals surface area (Å²) in [6, 6.07) is -0.0298. The third-order valence-electron chi connectivity index (χ3n) is 5.07. The van der Waals surface area contributed by atoms with E-state index in [-0.39, 0.29) is 11.6 Å². The Hall–Kier alpha value is -1.70. The van der Waals surface area contributed by atoms with E-state index in [0.717, 1.165) is 55.9 Å². The number of rotatable bonds is 4. The number of nitrogens with zero attached hydrogens (tertiary/aromatic N) is 2. The van der Waals surface area contributed by atoms with Gasteiger partial charge in [0, 0.05) is 37.8 Å². The molecule has 9 nitrogen and oxygen atoms in total. The van der Waals surface area contributed by atoms with Crippen LogP contribution in [0.2, 0.25) is 0 Å². The molecule has 0 amide bonds. The van der Waals surface area contributed by atoms with Crippen molar-refractivity contribution in [2.24, 2.45) is 0 Å². The standard InChI is InChI=1S/C15H25N3O4S.C2HF3O2/c1-11-14(12(2)22-16-11)9-18-6-5-15(10-18)8-13(4-7-21-15)17-23(3,19)20;3-2(4,5)1(6)7/h13,17H,4-10H2,1-3H3;(H,6,7)/t13-,15-;/m1./s1. The van der Waals surface area contributed by atoms with Gasteiger partial charge >= 0.3 is 12.1 Å². The third kappa shape index (κ3) is 6.93. The Balaban J connectivity index is 0.000000396. The van der Waals surface area contributed by atoms with Crippen molar-refractivity contribution in [1.29, 1.82) is 0 Å². The first-order valence-corrected chi connectivity index (χ1v) is 11.2. The Kier molecular flexibility index (Phi) is 7.54. The van der Waals surface area contributed by atoms with Crippen molar-refractivity contribution < 1.29 is 40.8 Å². The lowest BCUT2D eigenvalue weighted by molar-refractivity contribution is -0.192. The molecule has 2 N–H and O–H groups in total. The summed E-state index contributed by atoms with van der Waals surface area (Å²) in [6.45, 7) is 7.06. The lowest BCUT2D eigenvalue weighted by Crippen LogP contribution is -2.49. The quantitative estimate of drug-likeness (QED) is 0.699. The molecule has 2 aliphatic rings. The molecule has 3 rings (SSSR count). The molecule has 30 heavy (non-hydrogen) atoms. The van der Waals surface area contributed by atoms with Gasteiger partial charge in [0.1, 0.15) is 5.76 Å². The number of likely N-dealkylation sites (tertiary alicyclic amines) is 1. The highest BCUT2D eigenvalue weighted by Crippen LogP contribution is 2.35. The van der Waals surface area contributed by atoms with Gasteiger partial charge in [0.15, 0.2) is 0 Å². The number of aliphatic carboxylic acids is 1. The summed E-state index contributed by atoms with van der Waals surface area (Å²) in [7, 11) is -3.18. The molecule has 1 spiro atoms. The summed E-state index contributed by atoms with van der Waals surface area (Å²) in [5, 5.41) is 11.1. The predicted molar refractivity (Wildman–Crippen MR) is 99.2 cm³/mol. The van der Waals surface area contributed by atoms with Gasteiger partial charge in [-0.05, 0) is 33.1 Å². The Morgan fingerprint density at radius 1 is 1.40 bits per heavy atom. The van der Waals surface area contributed by atoms with Gasteiger partial charge in [0.2, 0.25) is 10.0 Å². The van der Waals surface area contributed by atoms with E-state index in [0.29, 0.717) is 6.61 Å². The molecule has 0 bridgehead atoms. The second-order valence-corrected chi connectivity index (χ2v) is 9.46. The normalized spacial score (nSPS) is 25.2. The SMILES string of the molecule is Cc1noc(C)c1CN1CC[C@@]2(C[C@H](NS(C)(=O)=O)CCO2)C1.O=C(O)C(F)(F)F. The molecule has 2 saturated heterocycles. The van der Waals surface area contributed by atoms with Crippen molar-refractivity contribution in [3.8, 4) is 0 Å². The molecule has 1 aromatic heterocycles. The zero-order valence-electron chi connectivity index (χ0n) is 17.0. The van der Waals surface area contributed by atoms with E-state index in [1.807, 2.05) is 13.8 Å². The molecule has 3 heterocycles. The number of nitrogens with one attached hydrogen (secondary N) is 1. The molecule has 2 fully saturated rings. The molecule has 13 heteroatoms. The van der Waals surface area contributed by atoms with Crippen LogP contribution < -0.4 is 4.72 Å². The van der Waals surface area contributed by atoms with Crippen LogP contribution in [0.1, 0.15) is 36.3 Å². The highest BCUT2D eigenvalue weighted by molar-refractivity contribution is 7.88. The summed E-state index contributed by atoms with van der Waals surface area (Å²) >= 11 is 0. The van der Waals surface area contributed by atoms with E-state index in [2.05, 4.69) is 14.8 Å². The minimum Gasteiger partial charge on any atom is -0.475 e. The number of aromatic nitrogens is 1. The van der Waals surface area contributed by atoms with Crippen molar-refractivity contribution in [1.82, 2.24) is 14.8 Å². The topological polar surface area (TPSA) is 122 Å². The van der Waals surface area contributed by atoms with E-state index >= 15 is 0 Å². The maximum absolute atomic E-state index is 11.5. The van der Waals surface area contributed by atoms with Gasteiger partial charge in [-0.15, -0.1) is 0 Å². The maximum Gasteiger partial charge on any atom is 0.490 e. The van der Waals surface area contributed by atoms with Crippen molar-refractivity contribution in [3.05, 3.63) is 17.0 Å². The lowest BCUT2D eigenvalue weighted by Gasteiger charge is -2.38. The number of carboxylic acids is 1. The van der Waals surface area contributed by atoms with E-state index in [1.165, 1.54) is 6.26 Å². The first-order chi connectivity index (χ1) is 13.7. The first-order valence-electron chi connectivity index (χ1n) is 9.26. The molecule has 2 aliphatic heterocycles. The van der Waals surface area contributed by atoms with Crippen LogP contribution >= 0.6 is 0 Å². The van der Waals surface area contributed by atoms with E-state index in [1.54, 1.807) is 0 Å². The number of hydrogen-bond acceptors (Lipinski definition) is 7. The van der Waals surface area contributed by atoms with E-state index in [9.17, 15) is 21.6 Å². The van der Waals surface area contributed by atoms with Crippen molar-refractivity contribution >= 4 is 16.0 Å². The van der Waals surface area contributed by atoms with Gasteiger partial charge in [-0.3, -0.25) is 4.90 Å². The van der Waals surface area contributed by atoms with Crippen molar-refractivity contribution in [3.63, 3.8) is 0 Å². The van der Waals surface area contributed by atoms with Crippen molar-refractivity contribution in [2.75, 3.05) is 26.0 Å². The zero-order valence-corrected chi connectivity index (χ0v) is 17.8. The molecule has 0 unspecified atom stereocenters. The zero-order chi connectivity index (χ0) is 22.7. The second kappa shape index (κ2) is 9.20. The number of carbonyl (C=O) groups is 1. The van der Waals surface area contributed by atoms with Crippen LogP contribution in [0.4, 0.5) is 13.2 Å². The van der Waals surface area contributed by atoms with Crippen LogP contribution in [-0.2, 0) is 26.1 Å². The molecule has 0 saturated carbocycles. The van der Waals surface area contributed by atoms with Crippen LogP contribution in [0, 0.1) is 13.8 Å². The van der Waals surface area contributed by atoms with Gasteiger partial charge in [0.25, 0.3) is 0 Å². The van der Waals surface area contributed by atoms with Crippen LogP contribution in [-0.4, -0.2) is 73.3 Å². The van der Waals surface area contributed by atoms with E-state index in [4.69, 9.17) is 19.2 Å². The van der Waals surface area contributed by atoms with Crippen molar-refractivity contribution in [2.45, 2.75) is 57.5 Å². The maximum atomic E-state index is 11.5. The predicted octanol–water partition coefficient (Wildman–Crippen LogP) is 1.60.